The van der Waals surface area contributed by atoms with Gasteiger partial charge in [-0.15, -0.1) is 0 Å². The first-order chi connectivity index (χ1) is 14.8. The van der Waals surface area contributed by atoms with E-state index >= 15 is 0 Å². The molecule has 0 bridgehead atoms. The summed E-state index contributed by atoms with van der Waals surface area (Å²) in [5.74, 6) is -1.48. The van der Waals surface area contributed by atoms with E-state index in [1.165, 1.54) is 36.4 Å². The lowest BCUT2D eigenvalue weighted by Crippen LogP contribution is -2.32. The number of amides is 2. The highest BCUT2D eigenvalue weighted by Gasteiger charge is 2.17. The standard InChI is InChI=1S/C25H24F2N2O2/c1-16(14-18-4-3-5-22(27)15-18)24(30)28-17(2)19-8-12-23(13-9-19)29-25(31)20-6-10-21(26)11-7-20/h3-13,15-17H,14H2,1-2H3,(H,28,30)(H,29,31). The second-order valence-corrected chi connectivity index (χ2v) is 7.55. The topological polar surface area (TPSA) is 58.2 Å². The molecule has 0 heterocycles. The van der Waals surface area contributed by atoms with Crippen LogP contribution < -0.4 is 10.6 Å². The largest absolute Gasteiger partial charge is 0.349 e. The Bertz CT molecular complexity index is 1050. The van der Waals surface area contributed by atoms with Gasteiger partial charge in [-0.2, -0.15) is 0 Å². The van der Waals surface area contributed by atoms with Crippen LogP contribution in [-0.4, -0.2) is 11.8 Å². The molecule has 160 valence electrons. The maximum absolute atomic E-state index is 13.3. The number of anilines is 1. The number of carbonyl (C=O) groups is 2. The number of rotatable bonds is 7. The zero-order chi connectivity index (χ0) is 22.4. The van der Waals surface area contributed by atoms with E-state index in [1.807, 2.05) is 19.1 Å². The van der Waals surface area contributed by atoms with Crippen molar-refractivity contribution in [3.8, 4) is 0 Å². The van der Waals surface area contributed by atoms with Gasteiger partial charge in [0.25, 0.3) is 5.91 Å². The first-order valence-corrected chi connectivity index (χ1v) is 10.0. The summed E-state index contributed by atoms with van der Waals surface area (Å²) in [6, 6.07) is 18.5. The molecule has 0 radical (unpaired) electrons. The minimum absolute atomic E-state index is 0.120. The van der Waals surface area contributed by atoms with Gasteiger partial charge < -0.3 is 10.6 Å². The summed E-state index contributed by atoms with van der Waals surface area (Å²) in [6.07, 6.45) is 0.449. The van der Waals surface area contributed by atoms with Gasteiger partial charge in [0, 0.05) is 17.2 Å². The van der Waals surface area contributed by atoms with Crippen molar-refractivity contribution in [1.82, 2.24) is 5.32 Å². The zero-order valence-electron chi connectivity index (χ0n) is 17.4. The van der Waals surface area contributed by atoms with E-state index in [1.54, 1.807) is 31.2 Å². The molecule has 2 atom stereocenters. The minimum Gasteiger partial charge on any atom is -0.349 e. The van der Waals surface area contributed by atoms with Crippen LogP contribution in [0.25, 0.3) is 0 Å². The molecule has 0 saturated heterocycles. The lowest BCUT2D eigenvalue weighted by molar-refractivity contribution is -0.125. The molecule has 31 heavy (non-hydrogen) atoms. The average Bonchev–Trinajstić information content (AvgIpc) is 2.74. The van der Waals surface area contributed by atoms with Gasteiger partial charge in [0.05, 0.1) is 6.04 Å². The van der Waals surface area contributed by atoms with E-state index in [2.05, 4.69) is 10.6 Å². The molecule has 2 unspecified atom stereocenters. The highest BCUT2D eigenvalue weighted by Crippen LogP contribution is 2.18. The molecule has 0 fully saturated rings. The highest BCUT2D eigenvalue weighted by molar-refractivity contribution is 6.04. The summed E-state index contributed by atoms with van der Waals surface area (Å²) in [5.41, 5.74) is 2.61. The highest BCUT2D eigenvalue weighted by atomic mass is 19.1. The fraction of sp³-hybridized carbons (Fsp3) is 0.200. The first kappa shape index (κ1) is 22.2. The molecule has 0 aromatic heterocycles. The summed E-state index contributed by atoms with van der Waals surface area (Å²) in [4.78, 5) is 24.7. The van der Waals surface area contributed by atoms with Crippen molar-refractivity contribution in [2.24, 2.45) is 5.92 Å². The molecule has 0 saturated carbocycles. The van der Waals surface area contributed by atoms with Crippen LogP contribution in [0.3, 0.4) is 0 Å². The molecule has 6 heteroatoms. The third-order valence-corrected chi connectivity index (χ3v) is 5.01. The predicted molar refractivity (Wildman–Crippen MR) is 117 cm³/mol. The van der Waals surface area contributed by atoms with Crippen LogP contribution in [0.4, 0.5) is 14.5 Å². The van der Waals surface area contributed by atoms with E-state index in [9.17, 15) is 18.4 Å². The molecule has 4 nitrogen and oxygen atoms in total. The lowest BCUT2D eigenvalue weighted by atomic mass is 9.99. The molecule has 3 aromatic rings. The summed E-state index contributed by atoms with van der Waals surface area (Å²) in [5, 5.41) is 5.72. The molecule has 3 rings (SSSR count). The van der Waals surface area contributed by atoms with Crippen molar-refractivity contribution in [3.63, 3.8) is 0 Å². The van der Waals surface area contributed by atoms with Gasteiger partial charge in [-0.1, -0.05) is 31.2 Å². The van der Waals surface area contributed by atoms with Crippen molar-refractivity contribution < 1.29 is 18.4 Å². The van der Waals surface area contributed by atoms with E-state index in [0.29, 0.717) is 17.7 Å². The average molecular weight is 422 g/mol. The Morgan fingerprint density at radius 1 is 0.871 bits per heavy atom. The third kappa shape index (κ3) is 6.22. The Balaban J connectivity index is 1.55. The number of hydrogen-bond donors (Lipinski definition) is 2. The van der Waals surface area contributed by atoms with Crippen molar-refractivity contribution in [3.05, 3.63) is 101 Å². The Kier molecular flexibility index (Phi) is 7.13. The van der Waals surface area contributed by atoms with Crippen LogP contribution in [0.1, 0.15) is 41.4 Å². The predicted octanol–water partition coefficient (Wildman–Crippen LogP) is 5.27. The normalized spacial score (nSPS) is 12.6. The summed E-state index contributed by atoms with van der Waals surface area (Å²) in [6.45, 7) is 3.68. The van der Waals surface area contributed by atoms with Crippen molar-refractivity contribution >= 4 is 17.5 Å². The first-order valence-electron chi connectivity index (χ1n) is 10.0. The van der Waals surface area contributed by atoms with Crippen molar-refractivity contribution in [2.45, 2.75) is 26.3 Å². The molecular formula is C25H24F2N2O2. The van der Waals surface area contributed by atoms with Gasteiger partial charge >= 0.3 is 0 Å². The Labute approximate surface area is 180 Å². The molecule has 0 spiro atoms. The molecule has 0 aliphatic carbocycles. The van der Waals surface area contributed by atoms with Crippen LogP contribution in [0.2, 0.25) is 0 Å². The quantitative estimate of drug-likeness (QED) is 0.545. The Hall–Kier alpha value is -3.54. The summed E-state index contributed by atoms with van der Waals surface area (Å²) in [7, 11) is 0. The SMILES string of the molecule is CC(Cc1cccc(F)c1)C(=O)NC(C)c1ccc(NC(=O)c2ccc(F)cc2)cc1. The minimum atomic E-state index is -0.401. The van der Waals surface area contributed by atoms with E-state index in [4.69, 9.17) is 0 Å². The molecular weight excluding hydrogens is 398 g/mol. The van der Waals surface area contributed by atoms with Crippen LogP contribution in [0, 0.1) is 17.6 Å². The maximum atomic E-state index is 13.3. The second kappa shape index (κ2) is 9.98. The summed E-state index contributed by atoms with van der Waals surface area (Å²) >= 11 is 0. The molecule has 0 aliphatic heterocycles. The van der Waals surface area contributed by atoms with Crippen molar-refractivity contribution in [1.29, 1.82) is 0 Å². The van der Waals surface area contributed by atoms with Crippen LogP contribution in [0.15, 0.2) is 72.8 Å². The molecule has 2 amide bonds. The van der Waals surface area contributed by atoms with Gasteiger partial charge in [0.2, 0.25) is 5.91 Å². The fourth-order valence-corrected chi connectivity index (χ4v) is 3.21. The number of carbonyl (C=O) groups excluding carboxylic acids is 2. The van der Waals surface area contributed by atoms with Crippen LogP contribution >= 0.6 is 0 Å². The number of nitrogens with one attached hydrogen (secondary N) is 2. The van der Waals surface area contributed by atoms with Gasteiger partial charge in [0.1, 0.15) is 11.6 Å². The lowest BCUT2D eigenvalue weighted by Gasteiger charge is -2.18. The smallest absolute Gasteiger partial charge is 0.255 e. The maximum Gasteiger partial charge on any atom is 0.255 e. The zero-order valence-corrected chi connectivity index (χ0v) is 17.4. The second-order valence-electron chi connectivity index (χ2n) is 7.55. The van der Waals surface area contributed by atoms with Crippen molar-refractivity contribution in [2.75, 3.05) is 5.32 Å². The van der Waals surface area contributed by atoms with E-state index in [-0.39, 0.29) is 29.6 Å². The van der Waals surface area contributed by atoms with Gasteiger partial charge in [0.15, 0.2) is 0 Å². The number of hydrogen-bond acceptors (Lipinski definition) is 2. The van der Waals surface area contributed by atoms with Gasteiger partial charge in [-0.3, -0.25) is 9.59 Å². The van der Waals surface area contributed by atoms with Crippen LogP contribution in [0.5, 0.6) is 0 Å². The van der Waals surface area contributed by atoms with Crippen LogP contribution in [-0.2, 0) is 11.2 Å². The number of benzene rings is 3. The summed E-state index contributed by atoms with van der Waals surface area (Å²) < 4.78 is 26.3. The Morgan fingerprint density at radius 3 is 2.19 bits per heavy atom. The molecule has 3 aromatic carbocycles. The number of halogens is 2. The molecule has 0 aliphatic rings. The van der Waals surface area contributed by atoms with Gasteiger partial charge in [-0.25, -0.2) is 8.78 Å². The van der Waals surface area contributed by atoms with Gasteiger partial charge in [-0.05, 0) is 73.0 Å². The van der Waals surface area contributed by atoms with E-state index < -0.39 is 5.82 Å². The monoisotopic (exact) mass is 422 g/mol. The third-order valence-electron chi connectivity index (χ3n) is 5.01. The fourth-order valence-electron chi connectivity index (χ4n) is 3.21. The van der Waals surface area contributed by atoms with E-state index in [0.717, 1.165) is 11.1 Å². The Morgan fingerprint density at radius 2 is 1.55 bits per heavy atom. The molecule has 2 N–H and O–H groups in total.